The number of aromatic nitrogens is 4. The number of H-pyrrole nitrogens is 1. The van der Waals surface area contributed by atoms with Gasteiger partial charge in [-0.15, -0.1) is 11.3 Å². The third-order valence-electron chi connectivity index (χ3n) is 2.36. The van der Waals surface area contributed by atoms with Crippen molar-refractivity contribution < 1.29 is 0 Å². The lowest BCUT2D eigenvalue weighted by Crippen LogP contribution is -1.99. The fourth-order valence-corrected chi connectivity index (χ4v) is 2.33. The molecule has 3 aromatic heterocycles. The molecule has 3 aromatic rings. The summed E-state index contributed by atoms with van der Waals surface area (Å²) in [7, 11) is 0. The van der Waals surface area contributed by atoms with Crippen LogP contribution in [0.5, 0.6) is 0 Å². The topological polar surface area (TPSA) is 46.5 Å². The zero-order valence-corrected chi connectivity index (χ0v) is 9.31. The predicted molar refractivity (Wildman–Crippen MR) is 63.2 cm³/mol. The van der Waals surface area contributed by atoms with Crippen LogP contribution in [0.4, 0.5) is 0 Å². The van der Waals surface area contributed by atoms with Crippen LogP contribution in [0, 0.1) is 0 Å². The SMILES string of the molecule is c1csc(Cn2ccnc2-c2cnc[nH]2)c1. The van der Waals surface area contributed by atoms with Gasteiger partial charge in [0, 0.05) is 17.3 Å². The first-order valence-corrected chi connectivity index (χ1v) is 5.84. The van der Waals surface area contributed by atoms with Crippen LogP contribution in [-0.2, 0) is 6.54 Å². The molecule has 1 N–H and O–H groups in total. The molecule has 5 heteroatoms. The van der Waals surface area contributed by atoms with Gasteiger partial charge >= 0.3 is 0 Å². The number of hydrogen-bond acceptors (Lipinski definition) is 3. The fourth-order valence-electron chi connectivity index (χ4n) is 1.63. The molecule has 0 radical (unpaired) electrons. The van der Waals surface area contributed by atoms with E-state index in [1.54, 1.807) is 23.9 Å². The maximum atomic E-state index is 4.34. The number of thiophene rings is 1. The maximum absolute atomic E-state index is 4.34. The smallest absolute Gasteiger partial charge is 0.158 e. The molecule has 0 saturated carbocycles. The fraction of sp³-hybridized carbons (Fsp3) is 0.0909. The Morgan fingerprint density at radius 1 is 1.44 bits per heavy atom. The second-order valence-electron chi connectivity index (χ2n) is 3.42. The highest BCUT2D eigenvalue weighted by Crippen LogP contribution is 2.17. The molecule has 0 aliphatic rings. The van der Waals surface area contributed by atoms with Gasteiger partial charge in [-0.1, -0.05) is 6.07 Å². The summed E-state index contributed by atoms with van der Waals surface area (Å²) >= 11 is 1.75. The molecule has 0 unspecified atom stereocenters. The molecule has 0 spiro atoms. The van der Waals surface area contributed by atoms with Crippen molar-refractivity contribution in [3.63, 3.8) is 0 Å². The Morgan fingerprint density at radius 3 is 3.19 bits per heavy atom. The summed E-state index contributed by atoms with van der Waals surface area (Å²) < 4.78 is 2.11. The highest BCUT2D eigenvalue weighted by molar-refractivity contribution is 7.09. The Labute approximate surface area is 96.6 Å². The van der Waals surface area contributed by atoms with Crippen molar-refractivity contribution in [3.05, 3.63) is 47.3 Å². The number of rotatable bonds is 3. The lowest BCUT2D eigenvalue weighted by atomic mass is 10.4. The van der Waals surface area contributed by atoms with Crippen molar-refractivity contribution in [1.29, 1.82) is 0 Å². The summed E-state index contributed by atoms with van der Waals surface area (Å²) in [6.07, 6.45) is 7.24. The first kappa shape index (κ1) is 9.35. The maximum Gasteiger partial charge on any atom is 0.158 e. The Hall–Kier alpha value is -1.88. The molecule has 3 heterocycles. The summed E-state index contributed by atoms with van der Waals surface area (Å²) in [4.78, 5) is 12.7. The standard InChI is InChI=1S/C11H10N4S/c1-2-9(16-5-1)7-15-4-3-13-11(15)10-6-12-8-14-10/h1-6,8H,7H2,(H,12,14). The average molecular weight is 230 g/mol. The minimum Gasteiger partial charge on any atom is -0.342 e. The van der Waals surface area contributed by atoms with Gasteiger partial charge < -0.3 is 9.55 Å². The van der Waals surface area contributed by atoms with E-state index < -0.39 is 0 Å². The van der Waals surface area contributed by atoms with Crippen molar-refractivity contribution in [2.24, 2.45) is 0 Å². The minimum absolute atomic E-state index is 0.853. The Morgan fingerprint density at radius 2 is 2.44 bits per heavy atom. The second-order valence-corrected chi connectivity index (χ2v) is 4.46. The van der Waals surface area contributed by atoms with Crippen molar-refractivity contribution in [2.75, 3.05) is 0 Å². The van der Waals surface area contributed by atoms with E-state index in [1.807, 2.05) is 12.4 Å². The van der Waals surface area contributed by atoms with Gasteiger partial charge in [0.15, 0.2) is 5.82 Å². The summed E-state index contributed by atoms with van der Waals surface area (Å²) in [6.45, 7) is 0.853. The monoisotopic (exact) mass is 230 g/mol. The molecular formula is C11H10N4S. The van der Waals surface area contributed by atoms with Crippen LogP contribution in [0.3, 0.4) is 0 Å². The first-order chi connectivity index (χ1) is 7.93. The molecule has 0 amide bonds. The summed E-state index contributed by atoms with van der Waals surface area (Å²) in [6, 6.07) is 4.19. The molecule has 0 atom stereocenters. The second kappa shape index (κ2) is 3.94. The summed E-state index contributed by atoms with van der Waals surface area (Å²) in [5.74, 6) is 0.922. The molecule has 0 aliphatic carbocycles. The molecule has 3 rings (SSSR count). The van der Waals surface area contributed by atoms with Crippen molar-refractivity contribution in [2.45, 2.75) is 6.54 Å². The van der Waals surface area contributed by atoms with Gasteiger partial charge in [-0.3, -0.25) is 0 Å². The molecule has 16 heavy (non-hydrogen) atoms. The third kappa shape index (κ3) is 1.65. The highest BCUT2D eigenvalue weighted by atomic mass is 32.1. The van der Waals surface area contributed by atoms with E-state index in [9.17, 15) is 0 Å². The molecule has 0 fully saturated rings. The van der Waals surface area contributed by atoms with Gasteiger partial charge in [0.05, 0.1) is 19.1 Å². The van der Waals surface area contributed by atoms with Crippen LogP contribution in [0.25, 0.3) is 11.5 Å². The molecular weight excluding hydrogens is 220 g/mol. The van der Waals surface area contributed by atoms with E-state index in [0.717, 1.165) is 18.1 Å². The summed E-state index contributed by atoms with van der Waals surface area (Å²) in [5.41, 5.74) is 0.946. The first-order valence-electron chi connectivity index (χ1n) is 4.96. The zero-order chi connectivity index (χ0) is 10.8. The number of hydrogen-bond donors (Lipinski definition) is 1. The van der Waals surface area contributed by atoms with E-state index >= 15 is 0 Å². The van der Waals surface area contributed by atoms with Gasteiger partial charge in [-0.05, 0) is 11.4 Å². The third-order valence-corrected chi connectivity index (χ3v) is 3.22. The number of nitrogens with one attached hydrogen (secondary N) is 1. The number of aromatic amines is 1. The minimum atomic E-state index is 0.853. The van der Waals surface area contributed by atoms with Crippen molar-refractivity contribution in [3.8, 4) is 11.5 Å². The molecule has 0 aliphatic heterocycles. The number of imidazole rings is 2. The molecule has 80 valence electrons. The summed E-state index contributed by atoms with van der Waals surface area (Å²) in [5, 5.41) is 2.09. The van der Waals surface area contributed by atoms with Crippen LogP contribution >= 0.6 is 11.3 Å². The average Bonchev–Trinajstić information content (AvgIpc) is 2.98. The van der Waals surface area contributed by atoms with Crippen LogP contribution in [0.1, 0.15) is 4.88 Å². The van der Waals surface area contributed by atoms with E-state index in [4.69, 9.17) is 0 Å². The lowest BCUT2D eigenvalue weighted by Gasteiger charge is -2.04. The van der Waals surface area contributed by atoms with Gasteiger partial charge in [-0.25, -0.2) is 9.97 Å². The Balaban J connectivity index is 1.94. The van der Waals surface area contributed by atoms with Gasteiger partial charge in [0.25, 0.3) is 0 Å². The lowest BCUT2D eigenvalue weighted by molar-refractivity contribution is 0.817. The van der Waals surface area contributed by atoms with E-state index in [1.165, 1.54) is 4.88 Å². The van der Waals surface area contributed by atoms with Gasteiger partial charge in [0.1, 0.15) is 5.69 Å². The Bertz CT molecular complexity index is 551. The van der Waals surface area contributed by atoms with Crippen molar-refractivity contribution in [1.82, 2.24) is 19.5 Å². The molecule has 0 bridgehead atoms. The molecule has 4 nitrogen and oxygen atoms in total. The normalized spacial score (nSPS) is 10.8. The van der Waals surface area contributed by atoms with Crippen LogP contribution in [-0.4, -0.2) is 19.5 Å². The van der Waals surface area contributed by atoms with Gasteiger partial charge in [0.2, 0.25) is 0 Å². The van der Waals surface area contributed by atoms with E-state index in [-0.39, 0.29) is 0 Å². The van der Waals surface area contributed by atoms with Crippen LogP contribution in [0.2, 0.25) is 0 Å². The Kier molecular flexibility index (Phi) is 2.30. The van der Waals surface area contributed by atoms with Crippen LogP contribution < -0.4 is 0 Å². The quantitative estimate of drug-likeness (QED) is 0.751. The van der Waals surface area contributed by atoms with Gasteiger partial charge in [-0.2, -0.15) is 0 Å². The van der Waals surface area contributed by atoms with E-state index in [0.29, 0.717) is 0 Å². The number of nitrogens with zero attached hydrogens (tertiary/aromatic N) is 3. The van der Waals surface area contributed by atoms with Crippen LogP contribution in [0.15, 0.2) is 42.4 Å². The highest BCUT2D eigenvalue weighted by Gasteiger charge is 2.07. The largest absolute Gasteiger partial charge is 0.342 e. The van der Waals surface area contributed by atoms with E-state index in [2.05, 4.69) is 37.0 Å². The molecule has 0 saturated heterocycles. The van der Waals surface area contributed by atoms with Crippen molar-refractivity contribution >= 4 is 11.3 Å². The predicted octanol–water partition coefficient (Wildman–Crippen LogP) is 2.38. The molecule has 0 aromatic carbocycles. The zero-order valence-electron chi connectivity index (χ0n) is 8.50.